The first-order chi connectivity index (χ1) is 9.67. The van der Waals surface area contributed by atoms with Crippen LogP contribution in [0.15, 0.2) is 30.3 Å². The van der Waals surface area contributed by atoms with Crippen molar-refractivity contribution in [2.75, 3.05) is 0 Å². The van der Waals surface area contributed by atoms with Gasteiger partial charge in [-0.2, -0.15) is 5.10 Å². The Morgan fingerprint density at radius 3 is 2.95 bits per heavy atom. The van der Waals surface area contributed by atoms with Gasteiger partial charge in [-0.15, -0.1) is 0 Å². The van der Waals surface area contributed by atoms with Crippen LogP contribution < -0.4 is 10.5 Å². The molecule has 1 aromatic heterocycles. The predicted molar refractivity (Wildman–Crippen MR) is 78.8 cm³/mol. The van der Waals surface area contributed by atoms with E-state index in [-0.39, 0.29) is 12.1 Å². The lowest BCUT2D eigenvalue weighted by molar-refractivity contribution is 0.197. The normalized spacial score (nSPS) is 18.6. The maximum atomic E-state index is 6.34. The second kappa shape index (κ2) is 5.29. The molecular weight excluding hydrogens is 250 g/mol. The Labute approximate surface area is 119 Å². The number of fused-ring (bicyclic) bond motifs is 1. The standard InChI is InChI=1S/C16H21N3O/c1-3-12-9-13(19(2)18-12)10-14(17)16-8-11-6-4-5-7-15(11)20-16/h4-7,9,14,16H,3,8,10,17H2,1-2H3. The molecule has 0 radical (unpaired) electrons. The lowest BCUT2D eigenvalue weighted by Crippen LogP contribution is -2.40. The average Bonchev–Trinajstić information content (AvgIpc) is 3.02. The molecule has 4 nitrogen and oxygen atoms in total. The third-order valence-corrected chi connectivity index (χ3v) is 3.98. The van der Waals surface area contributed by atoms with Gasteiger partial charge in [-0.1, -0.05) is 25.1 Å². The minimum atomic E-state index is -0.0116. The first-order valence-electron chi connectivity index (χ1n) is 7.19. The van der Waals surface area contributed by atoms with Crippen LogP contribution in [-0.4, -0.2) is 21.9 Å². The topological polar surface area (TPSA) is 53.1 Å². The van der Waals surface area contributed by atoms with E-state index >= 15 is 0 Å². The first-order valence-corrected chi connectivity index (χ1v) is 7.19. The lowest BCUT2D eigenvalue weighted by atomic mass is 10.0. The van der Waals surface area contributed by atoms with Crippen molar-refractivity contribution in [2.24, 2.45) is 12.8 Å². The summed E-state index contributed by atoms with van der Waals surface area (Å²) >= 11 is 0. The highest BCUT2D eigenvalue weighted by Crippen LogP contribution is 2.29. The quantitative estimate of drug-likeness (QED) is 0.923. The van der Waals surface area contributed by atoms with Crippen LogP contribution in [0.4, 0.5) is 0 Å². The molecule has 0 bridgehead atoms. The van der Waals surface area contributed by atoms with Gasteiger partial charge in [0.05, 0.1) is 5.69 Å². The zero-order valence-corrected chi connectivity index (χ0v) is 12.0. The Hall–Kier alpha value is -1.81. The fraction of sp³-hybridized carbons (Fsp3) is 0.438. The number of para-hydroxylation sites is 1. The lowest BCUT2D eigenvalue weighted by Gasteiger charge is -2.19. The van der Waals surface area contributed by atoms with Crippen LogP contribution in [0.2, 0.25) is 0 Å². The highest BCUT2D eigenvalue weighted by atomic mass is 16.5. The Balaban J connectivity index is 1.69. The van der Waals surface area contributed by atoms with Crippen molar-refractivity contribution in [3.8, 4) is 5.75 Å². The molecule has 1 aromatic carbocycles. The molecule has 0 spiro atoms. The number of hydrogen-bond acceptors (Lipinski definition) is 3. The van der Waals surface area contributed by atoms with Crippen LogP contribution in [-0.2, 0) is 26.3 Å². The summed E-state index contributed by atoms with van der Waals surface area (Å²) in [6.07, 6.45) is 2.71. The fourth-order valence-electron chi connectivity index (χ4n) is 2.76. The van der Waals surface area contributed by atoms with Gasteiger partial charge in [-0.3, -0.25) is 4.68 Å². The number of ether oxygens (including phenoxy) is 1. The summed E-state index contributed by atoms with van der Waals surface area (Å²) in [4.78, 5) is 0. The summed E-state index contributed by atoms with van der Waals surface area (Å²) in [6.45, 7) is 2.11. The van der Waals surface area contributed by atoms with Crippen molar-refractivity contribution in [1.82, 2.24) is 9.78 Å². The Kier molecular flexibility index (Phi) is 3.49. The van der Waals surface area contributed by atoms with Gasteiger partial charge in [-0.25, -0.2) is 0 Å². The Morgan fingerprint density at radius 1 is 1.45 bits per heavy atom. The van der Waals surface area contributed by atoms with Gasteiger partial charge in [0, 0.05) is 31.6 Å². The maximum Gasteiger partial charge on any atom is 0.123 e. The van der Waals surface area contributed by atoms with Crippen molar-refractivity contribution in [3.05, 3.63) is 47.3 Å². The molecule has 0 saturated heterocycles. The fourth-order valence-corrected chi connectivity index (χ4v) is 2.76. The van der Waals surface area contributed by atoms with Crippen LogP contribution in [0.3, 0.4) is 0 Å². The van der Waals surface area contributed by atoms with Gasteiger partial charge in [0.15, 0.2) is 0 Å². The molecule has 20 heavy (non-hydrogen) atoms. The molecule has 2 aromatic rings. The molecule has 2 heterocycles. The third kappa shape index (κ3) is 2.43. The second-order valence-corrected chi connectivity index (χ2v) is 5.44. The average molecular weight is 271 g/mol. The van der Waals surface area contributed by atoms with Crippen molar-refractivity contribution >= 4 is 0 Å². The first kappa shape index (κ1) is 13.2. The van der Waals surface area contributed by atoms with E-state index in [0.29, 0.717) is 0 Å². The number of rotatable bonds is 4. The number of nitrogens with zero attached hydrogens (tertiary/aromatic N) is 2. The molecule has 2 unspecified atom stereocenters. The summed E-state index contributed by atoms with van der Waals surface area (Å²) in [6, 6.07) is 10.3. The molecule has 4 heteroatoms. The number of nitrogens with two attached hydrogens (primary N) is 1. The molecule has 1 aliphatic rings. The summed E-state index contributed by atoms with van der Waals surface area (Å²) in [5.41, 5.74) is 9.89. The minimum Gasteiger partial charge on any atom is -0.488 e. The molecule has 0 aliphatic carbocycles. The van der Waals surface area contributed by atoms with Gasteiger partial charge >= 0.3 is 0 Å². The molecular formula is C16H21N3O. The van der Waals surface area contributed by atoms with Crippen molar-refractivity contribution in [3.63, 3.8) is 0 Å². The van der Waals surface area contributed by atoms with Crippen molar-refractivity contribution in [2.45, 2.75) is 38.3 Å². The van der Waals surface area contributed by atoms with Gasteiger partial charge in [-0.05, 0) is 24.1 Å². The van der Waals surface area contributed by atoms with Gasteiger partial charge in [0.1, 0.15) is 11.9 Å². The van der Waals surface area contributed by atoms with E-state index in [1.165, 1.54) is 11.3 Å². The van der Waals surface area contributed by atoms with E-state index in [9.17, 15) is 0 Å². The predicted octanol–water partition coefficient (Wildman–Crippen LogP) is 1.86. The van der Waals surface area contributed by atoms with E-state index in [4.69, 9.17) is 10.5 Å². The smallest absolute Gasteiger partial charge is 0.123 e. The zero-order valence-electron chi connectivity index (χ0n) is 12.0. The molecule has 106 valence electrons. The van der Waals surface area contributed by atoms with Crippen LogP contribution >= 0.6 is 0 Å². The van der Waals surface area contributed by atoms with E-state index < -0.39 is 0 Å². The summed E-state index contributed by atoms with van der Waals surface area (Å²) in [5.74, 6) is 0.979. The molecule has 3 rings (SSSR count). The summed E-state index contributed by atoms with van der Waals surface area (Å²) in [5, 5.41) is 4.47. The molecule has 1 aliphatic heterocycles. The molecule has 0 saturated carbocycles. The monoisotopic (exact) mass is 271 g/mol. The van der Waals surface area contributed by atoms with Crippen molar-refractivity contribution in [1.29, 1.82) is 0 Å². The Bertz CT molecular complexity index is 581. The van der Waals surface area contributed by atoms with Crippen molar-refractivity contribution < 1.29 is 4.74 Å². The van der Waals surface area contributed by atoms with E-state index in [1.54, 1.807) is 0 Å². The highest BCUT2D eigenvalue weighted by Gasteiger charge is 2.28. The Morgan fingerprint density at radius 2 is 2.25 bits per heavy atom. The maximum absolute atomic E-state index is 6.34. The molecule has 0 amide bonds. The number of hydrogen-bond donors (Lipinski definition) is 1. The third-order valence-electron chi connectivity index (χ3n) is 3.98. The number of aryl methyl sites for hydroxylation is 2. The number of benzene rings is 1. The minimum absolute atomic E-state index is 0.0116. The van der Waals surface area contributed by atoms with Crippen LogP contribution in [0.1, 0.15) is 23.9 Å². The second-order valence-electron chi connectivity index (χ2n) is 5.44. The van der Waals surface area contributed by atoms with E-state index in [2.05, 4.69) is 24.2 Å². The van der Waals surface area contributed by atoms with E-state index in [1.807, 2.05) is 29.9 Å². The van der Waals surface area contributed by atoms with Gasteiger partial charge in [0.25, 0.3) is 0 Å². The summed E-state index contributed by atoms with van der Waals surface area (Å²) < 4.78 is 7.89. The highest BCUT2D eigenvalue weighted by molar-refractivity contribution is 5.37. The number of aromatic nitrogens is 2. The van der Waals surface area contributed by atoms with Gasteiger partial charge < -0.3 is 10.5 Å². The largest absolute Gasteiger partial charge is 0.488 e. The SMILES string of the molecule is CCc1cc(CC(N)C2Cc3ccccc3O2)n(C)n1. The van der Waals surface area contributed by atoms with Crippen LogP contribution in [0.5, 0.6) is 5.75 Å². The summed E-state index contributed by atoms with van der Waals surface area (Å²) in [7, 11) is 1.98. The van der Waals surface area contributed by atoms with E-state index in [0.717, 1.165) is 30.7 Å². The molecule has 2 atom stereocenters. The molecule has 0 fully saturated rings. The van der Waals surface area contributed by atoms with Gasteiger partial charge in [0.2, 0.25) is 0 Å². The van der Waals surface area contributed by atoms with Crippen LogP contribution in [0.25, 0.3) is 0 Å². The molecule has 2 N–H and O–H groups in total. The zero-order chi connectivity index (χ0) is 14.1. The van der Waals surface area contributed by atoms with Crippen LogP contribution in [0, 0.1) is 0 Å².